The van der Waals surface area contributed by atoms with Gasteiger partial charge in [0.1, 0.15) is 12.4 Å². The number of nitrogens with zero attached hydrogens (tertiary/aromatic N) is 6. The van der Waals surface area contributed by atoms with Crippen LogP contribution in [0.5, 0.6) is 0 Å². The molecular formula is C21H16F3N7. The Kier molecular flexibility index (Phi) is 5.17. The van der Waals surface area contributed by atoms with E-state index in [2.05, 4.69) is 26.5 Å². The summed E-state index contributed by atoms with van der Waals surface area (Å²) < 4.78 is 41.8. The van der Waals surface area contributed by atoms with Crippen LogP contribution in [0.25, 0.3) is 5.69 Å². The van der Waals surface area contributed by atoms with Crippen molar-refractivity contribution >= 4 is 11.6 Å². The first kappa shape index (κ1) is 20.2. The van der Waals surface area contributed by atoms with Gasteiger partial charge in [-0.15, -0.1) is 5.10 Å². The Bertz CT molecular complexity index is 1260. The molecule has 0 unspecified atom stereocenters. The Morgan fingerprint density at radius 1 is 1.10 bits per heavy atom. The molecule has 0 aliphatic carbocycles. The lowest BCUT2D eigenvalue weighted by Gasteiger charge is -2.09. The number of hydrogen-bond acceptors (Lipinski definition) is 5. The molecule has 7 nitrogen and oxygen atoms in total. The number of aromatic nitrogens is 5. The van der Waals surface area contributed by atoms with Gasteiger partial charge < -0.3 is 9.88 Å². The van der Waals surface area contributed by atoms with Gasteiger partial charge >= 0.3 is 6.18 Å². The van der Waals surface area contributed by atoms with E-state index in [0.717, 1.165) is 17.8 Å². The van der Waals surface area contributed by atoms with Gasteiger partial charge in [-0.3, -0.25) is 0 Å². The van der Waals surface area contributed by atoms with Crippen LogP contribution in [0.15, 0.2) is 61.3 Å². The first-order chi connectivity index (χ1) is 14.8. The molecular weight excluding hydrogens is 407 g/mol. The molecule has 0 saturated heterocycles. The predicted molar refractivity (Wildman–Crippen MR) is 107 cm³/mol. The Morgan fingerprint density at radius 2 is 1.94 bits per heavy atom. The number of rotatable bonds is 5. The third-order valence-corrected chi connectivity index (χ3v) is 4.50. The van der Waals surface area contributed by atoms with Crippen molar-refractivity contribution < 1.29 is 13.2 Å². The molecule has 10 heteroatoms. The quantitative estimate of drug-likeness (QED) is 0.513. The van der Waals surface area contributed by atoms with E-state index in [1.807, 2.05) is 13.1 Å². The van der Waals surface area contributed by atoms with Crippen molar-refractivity contribution in [1.29, 1.82) is 5.26 Å². The van der Waals surface area contributed by atoms with E-state index < -0.39 is 11.7 Å². The van der Waals surface area contributed by atoms with Crippen molar-refractivity contribution in [1.82, 2.24) is 24.3 Å². The Labute approximate surface area is 175 Å². The molecule has 2 heterocycles. The minimum Gasteiger partial charge on any atom is -0.323 e. The predicted octanol–water partition coefficient (Wildman–Crippen LogP) is 4.45. The van der Waals surface area contributed by atoms with E-state index in [-0.39, 0.29) is 12.5 Å². The molecule has 4 aromatic rings. The number of imidazole rings is 1. The highest BCUT2D eigenvalue weighted by Crippen LogP contribution is 2.29. The number of nitriles is 1. The maximum Gasteiger partial charge on any atom is 0.416 e. The van der Waals surface area contributed by atoms with Gasteiger partial charge in [-0.05, 0) is 42.8 Å². The van der Waals surface area contributed by atoms with Gasteiger partial charge in [-0.1, -0.05) is 12.1 Å². The van der Waals surface area contributed by atoms with Crippen molar-refractivity contribution in [3.05, 3.63) is 83.7 Å². The van der Waals surface area contributed by atoms with Gasteiger partial charge in [0.25, 0.3) is 0 Å². The Hall–Kier alpha value is -4.13. The molecule has 156 valence electrons. The summed E-state index contributed by atoms with van der Waals surface area (Å²) in [5.74, 6) is 0.266. The summed E-state index contributed by atoms with van der Waals surface area (Å²) >= 11 is 0. The summed E-state index contributed by atoms with van der Waals surface area (Å²) in [6, 6.07) is 12.5. The van der Waals surface area contributed by atoms with Gasteiger partial charge in [0.15, 0.2) is 0 Å². The van der Waals surface area contributed by atoms with Crippen LogP contribution in [0.4, 0.5) is 24.8 Å². The number of halogens is 3. The minimum absolute atomic E-state index is 0.140. The number of benzene rings is 2. The zero-order chi connectivity index (χ0) is 22.0. The third kappa shape index (κ3) is 4.56. The van der Waals surface area contributed by atoms with Crippen molar-refractivity contribution in [3.63, 3.8) is 0 Å². The van der Waals surface area contributed by atoms with Gasteiger partial charge in [-0.25, -0.2) is 14.6 Å². The van der Waals surface area contributed by atoms with E-state index in [4.69, 9.17) is 0 Å². The summed E-state index contributed by atoms with van der Waals surface area (Å²) in [7, 11) is 0. The largest absolute Gasteiger partial charge is 0.416 e. The average molecular weight is 423 g/mol. The molecule has 0 aliphatic heterocycles. The van der Waals surface area contributed by atoms with Crippen molar-refractivity contribution in [2.24, 2.45) is 0 Å². The molecule has 1 N–H and O–H groups in total. The van der Waals surface area contributed by atoms with Crippen LogP contribution in [-0.4, -0.2) is 24.3 Å². The van der Waals surface area contributed by atoms with Crippen molar-refractivity contribution in [2.75, 3.05) is 5.32 Å². The second kappa shape index (κ2) is 7.95. The topological polar surface area (TPSA) is 84.4 Å². The first-order valence-electron chi connectivity index (χ1n) is 9.19. The fourth-order valence-electron chi connectivity index (χ4n) is 3.07. The fraction of sp³-hybridized carbons (Fsp3) is 0.143. The molecule has 31 heavy (non-hydrogen) atoms. The summed E-state index contributed by atoms with van der Waals surface area (Å²) in [6.45, 7) is 2.00. The molecule has 0 spiro atoms. The standard InChI is InChI=1S/C21H16F3N7/c1-14-10-30(12-26-14)19-6-5-18(8-16(19)9-25)28-20-27-13-31(29-20)11-15-3-2-4-17(7-15)21(22,23)24/h2-8,10,12-13H,11H2,1H3,(H,28,29). The highest BCUT2D eigenvalue weighted by molar-refractivity contribution is 5.62. The van der Waals surface area contributed by atoms with Gasteiger partial charge in [0.05, 0.1) is 35.4 Å². The van der Waals surface area contributed by atoms with Crippen LogP contribution in [-0.2, 0) is 12.7 Å². The lowest BCUT2D eigenvalue weighted by molar-refractivity contribution is -0.137. The molecule has 0 radical (unpaired) electrons. The third-order valence-electron chi connectivity index (χ3n) is 4.50. The molecule has 0 atom stereocenters. The van der Waals surface area contributed by atoms with Crippen LogP contribution < -0.4 is 5.32 Å². The second-order valence-electron chi connectivity index (χ2n) is 6.85. The molecule has 0 amide bonds. The molecule has 0 bridgehead atoms. The lowest BCUT2D eigenvalue weighted by atomic mass is 10.1. The maximum absolute atomic E-state index is 12.9. The van der Waals surface area contributed by atoms with Gasteiger partial charge in [-0.2, -0.15) is 18.4 Å². The maximum atomic E-state index is 12.9. The summed E-state index contributed by atoms with van der Waals surface area (Å²) in [4.78, 5) is 8.31. The number of hydrogen-bond donors (Lipinski definition) is 1. The number of nitrogens with one attached hydrogen (secondary N) is 1. The van der Waals surface area contributed by atoms with Crippen molar-refractivity contribution in [3.8, 4) is 11.8 Å². The van der Waals surface area contributed by atoms with Crippen LogP contribution in [0.1, 0.15) is 22.4 Å². The Morgan fingerprint density at radius 3 is 2.65 bits per heavy atom. The average Bonchev–Trinajstić information content (AvgIpc) is 3.36. The molecule has 0 saturated carbocycles. The van der Waals surface area contributed by atoms with E-state index >= 15 is 0 Å². The molecule has 0 aliphatic rings. The zero-order valence-electron chi connectivity index (χ0n) is 16.3. The lowest BCUT2D eigenvalue weighted by Crippen LogP contribution is -2.07. The molecule has 0 fully saturated rings. The number of anilines is 2. The summed E-state index contributed by atoms with van der Waals surface area (Å²) in [5, 5.41) is 16.8. The number of alkyl halides is 3. The van der Waals surface area contributed by atoms with Crippen LogP contribution >= 0.6 is 0 Å². The van der Waals surface area contributed by atoms with E-state index in [9.17, 15) is 18.4 Å². The summed E-state index contributed by atoms with van der Waals surface area (Å²) in [6.07, 6.45) is 0.484. The molecule has 4 rings (SSSR count). The summed E-state index contributed by atoms with van der Waals surface area (Å²) in [5.41, 5.74) is 2.32. The zero-order valence-corrected chi connectivity index (χ0v) is 16.3. The van der Waals surface area contributed by atoms with Gasteiger partial charge in [0, 0.05) is 11.9 Å². The van der Waals surface area contributed by atoms with Crippen LogP contribution in [0.3, 0.4) is 0 Å². The molecule has 2 aromatic carbocycles. The number of aryl methyl sites for hydroxylation is 1. The van der Waals surface area contributed by atoms with E-state index in [1.165, 1.54) is 17.1 Å². The minimum atomic E-state index is -4.40. The highest BCUT2D eigenvalue weighted by Gasteiger charge is 2.30. The second-order valence-corrected chi connectivity index (χ2v) is 6.85. The van der Waals surface area contributed by atoms with Gasteiger partial charge in [0.2, 0.25) is 5.95 Å². The normalized spacial score (nSPS) is 11.3. The smallest absolute Gasteiger partial charge is 0.323 e. The van der Waals surface area contributed by atoms with Crippen LogP contribution in [0.2, 0.25) is 0 Å². The van der Waals surface area contributed by atoms with Crippen molar-refractivity contribution in [2.45, 2.75) is 19.6 Å². The molecule has 2 aromatic heterocycles. The monoisotopic (exact) mass is 423 g/mol. The van der Waals surface area contributed by atoms with Crippen LogP contribution in [0, 0.1) is 18.3 Å². The fourth-order valence-corrected chi connectivity index (χ4v) is 3.07. The Balaban J connectivity index is 1.50. The SMILES string of the molecule is Cc1cn(-c2ccc(Nc3ncn(Cc4cccc(C(F)(F)F)c4)n3)cc2C#N)cn1. The van der Waals surface area contributed by atoms with E-state index in [1.54, 1.807) is 35.2 Å². The van der Waals surface area contributed by atoms with E-state index in [0.29, 0.717) is 22.5 Å². The first-order valence-corrected chi connectivity index (χ1v) is 9.19. The highest BCUT2D eigenvalue weighted by atomic mass is 19.4.